The zero-order chi connectivity index (χ0) is 22.1. The Morgan fingerprint density at radius 2 is 2.03 bits per heavy atom. The summed E-state index contributed by atoms with van der Waals surface area (Å²) in [6.45, 7) is 3.58. The first-order valence-electron chi connectivity index (χ1n) is 10.9. The molecule has 32 heavy (non-hydrogen) atoms. The number of H-pyrrole nitrogens is 1. The number of aromatic amines is 1. The molecule has 2 aromatic carbocycles. The highest BCUT2D eigenvalue weighted by molar-refractivity contribution is 6.24. The summed E-state index contributed by atoms with van der Waals surface area (Å²) in [6, 6.07) is 10.8. The summed E-state index contributed by atoms with van der Waals surface area (Å²) >= 11 is 0. The summed E-state index contributed by atoms with van der Waals surface area (Å²) in [7, 11) is 0. The maximum atomic E-state index is 13.8. The number of carbonyl (C=O) groups is 1. The lowest BCUT2D eigenvalue weighted by Gasteiger charge is -2.22. The van der Waals surface area contributed by atoms with E-state index in [2.05, 4.69) is 32.3 Å². The van der Waals surface area contributed by atoms with Crippen LogP contribution in [-0.2, 0) is 11.4 Å². The first-order chi connectivity index (χ1) is 15.6. The van der Waals surface area contributed by atoms with E-state index in [1.165, 1.54) is 6.07 Å². The number of Topliss-reactive ketones (excluding diaryl/α,β-unsaturated/α-hetero) is 1. The number of hydrogen-bond donors (Lipinski definition) is 3. The van der Waals surface area contributed by atoms with E-state index in [1.807, 2.05) is 12.1 Å². The number of anilines is 1. The predicted molar refractivity (Wildman–Crippen MR) is 124 cm³/mol. The minimum absolute atomic E-state index is 0.0175. The number of nitrogens with one attached hydrogen (secondary N) is 2. The van der Waals surface area contributed by atoms with Crippen molar-refractivity contribution in [1.29, 1.82) is 0 Å². The zero-order valence-electron chi connectivity index (χ0n) is 17.7. The SMILES string of the molecule is O=C1CC=C(c2ccc(F)c(CO)c2)C=C1c1nc2ccc(N3CCCNCC3)cc2[nH]1. The minimum atomic E-state index is -0.443. The second kappa shape index (κ2) is 8.68. The van der Waals surface area contributed by atoms with Crippen molar-refractivity contribution < 1.29 is 14.3 Å². The van der Waals surface area contributed by atoms with Crippen LogP contribution in [0.2, 0.25) is 0 Å². The van der Waals surface area contributed by atoms with E-state index >= 15 is 0 Å². The summed E-state index contributed by atoms with van der Waals surface area (Å²) in [5.74, 6) is 0.0760. The molecule has 1 aliphatic heterocycles. The average molecular weight is 432 g/mol. The van der Waals surface area contributed by atoms with Gasteiger partial charge in [-0.3, -0.25) is 4.79 Å². The number of fused-ring (bicyclic) bond motifs is 1. The number of halogens is 1. The van der Waals surface area contributed by atoms with Gasteiger partial charge in [-0.2, -0.15) is 0 Å². The molecule has 1 aromatic heterocycles. The zero-order valence-corrected chi connectivity index (χ0v) is 17.7. The molecular weight excluding hydrogens is 407 g/mol. The fourth-order valence-electron chi connectivity index (χ4n) is 4.31. The molecule has 0 radical (unpaired) electrons. The fourth-order valence-corrected chi connectivity index (χ4v) is 4.31. The van der Waals surface area contributed by atoms with Crippen LogP contribution in [0.1, 0.15) is 29.8 Å². The van der Waals surface area contributed by atoms with Gasteiger partial charge in [0.2, 0.25) is 0 Å². The third-order valence-electron chi connectivity index (χ3n) is 6.08. The average Bonchev–Trinajstić information content (AvgIpc) is 3.04. The number of aromatic nitrogens is 2. The highest BCUT2D eigenvalue weighted by Gasteiger charge is 2.21. The van der Waals surface area contributed by atoms with Crippen LogP contribution in [-0.4, -0.2) is 47.0 Å². The van der Waals surface area contributed by atoms with Crippen molar-refractivity contribution in [2.24, 2.45) is 0 Å². The van der Waals surface area contributed by atoms with Crippen LogP contribution in [0.3, 0.4) is 0 Å². The van der Waals surface area contributed by atoms with E-state index in [4.69, 9.17) is 0 Å². The Balaban J connectivity index is 1.48. The van der Waals surface area contributed by atoms with Gasteiger partial charge in [-0.05, 0) is 60.5 Å². The van der Waals surface area contributed by atoms with Crippen molar-refractivity contribution >= 4 is 33.7 Å². The molecule has 1 aliphatic carbocycles. The van der Waals surface area contributed by atoms with E-state index < -0.39 is 5.82 Å². The van der Waals surface area contributed by atoms with Gasteiger partial charge >= 0.3 is 0 Å². The maximum absolute atomic E-state index is 13.8. The van der Waals surface area contributed by atoms with Crippen molar-refractivity contribution in [3.05, 3.63) is 71.3 Å². The molecule has 2 aliphatic rings. The number of imidazole rings is 1. The molecule has 3 N–H and O–H groups in total. The second-order valence-corrected chi connectivity index (χ2v) is 8.19. The van der Waals surface area contributed by atoms with Crippen molar-refractivity contribution in [3.63, 3.8) is 0 Å². The molecule has 0 spiro atoms. The van der Waals surface area contributed by atoms with Gasteiger partial charge in [0, 0.05) is 37.3 Å². The van der Waals surface area contributed by atoms with Crippen molar-refractivity contribution in [3.8, 4) is 0 Å². The summed E-state index contributed by atoms with van der Waals surface area (Å²) in [5.41, 5.74) is 5.16. The summed E-state index contributed by atoms with van der Waals surface area (Å²) in [4.78, 5) is 23.0. The van der Waals surface area contributed by atoms with Gasteiger partial charge in [0.05, 0.1) is 23.2 Å². The van der Waals surface area contributed by atoms with E-state index in [1.54, 1.807) is 18.2 Å². The molecule has 7 heteroatoms. The number of hydrogen-bond acceptors (Lipinski definition) is 5. The van der Waals surface area contributed by atoms with Crippen LogP contribution in [0.4, 0.5) is 10.1 Å². The minimum Gasteiger partial charge on any atom is -0.392 e. The highest BCUT2D eigenvalue weighted by Crippen LogP contribution is 2.30. The Bertz CT molecular complexity index is 1240. The molecule has 1 saturated heterocycles. The Morgan fingerprint density at radius 3 is 2.91 bits per heavy atom. The number of carbonyl (C=O) groups excluding carboxylic acids is 1. The Labute approximate surface area is 185 Å². The molecule has 5 rings (SSSR count). The van der Waals surface area contributed by atoms with Crippen LogP contribution in [0.5, 0.6) is 0 Å². The first-order valence-corrected chi connectivity index (χ1v) is 10.9. The quantitative estimate of drug-likeness (QED) is 0.589. The number of rotatable bonds is 4. The molecule has 2 heterocycles. The van der Waals surface area contributed by atoms with E-state index in [-0.39, 0.29) is 24.4 Å². The number of allylic oxidation sites excluding steroid dienone is 4. The molecule has 6 nitrogen and oxygen atoms in total. The Morgan fingerprint density at radius 1 is 1.12 bits per heavy atom. The van der Waals surface area contributed by atoms with E-state index in [9.17, 15) is 14.3 Å². The summed E-state index contributed by atoms with van der Waals surface area (Å²) in [5, 5.41) is 12.8. The fraction of sp³-hybridized carbons (Fsp3) is 0.280. The lowest BCUT2D eigenvalue weighted by atomic mass is 9.92. The van der Waals surface area contributed by atoms with Crippen LogP contribution in [0.15, 0.2) is 48.6 Å². The predicted octanol–water partition coefficient (Wildman–Crippen LogP) is 3.43. The molecule has 0 bridgehead atoms. The number of benzene rings is 2. The molecule has 0 atom stereocenters. The van der Waals surface area contributed by atoms with Gasteiger partial charge in [0.15, 0.2) is 5.78 Å². The smallest absolute Gasteiger partial charge is 0.170 e. The summed E-state index contributed by atoms with van der Waals surface area (Å²) < 4.78 is 13.8. The normalized spacial score (nSPS) is 17.3. The van der Waals surface area contributed by atoms with Crippen LogP contribution in [0.25, 0.3) is 22.2 Å². The van der Waals surface area contributed by atoms with E-state index in [0.717, 1.165) is 60.5 Å². The van der Waals surface area contributed by atoms with Gasteiger partial charge in [-0.1, -0.05) is 12.1 Å². The second-order valence-electron chi connectivity index (χ2n) is 8.19. The standard InChI is InChI=1S/C25H25FN4O2/c26-21-5-2-16(12-18(21)15-31)17-3-7-24(32)20(13-17)25-28-22-6-4-19(14-23(22)29-25)30-10-1-8-27-9-11-30/h2-6,12-14,27,31H,1,7-11,15H2,(H,28,29). The molecule has 0 unspecified atom stereocenters. The Kier molecular flexibility index (Phi) is 5.59. The molecular formula is C25H25FN4O2. The largest absolute Gasteiger partial charge is 0.392 e. The lowest BCUT2D eigenvalue weighted by molar-refractivity contribution is -0.113. The van der Waals surface area contributed by atoms with Crippen molar-refractivity contribution in [2.75, 3.05) is 31.1 Å². The topological polar surface area (TPSA) is 81.2 Å². The van der Waals surface area contributed by atoms with Crippen LogP contribution < -0.4 is 10.2 Å². The molecule has 1 fully saturated rings. The number of aliphatic hydroxyl groups is 1. The molecule has 164 valence electrons. The monoisotopic (exact) mass is 432 g/mol. The number of aliphatic hydroxyl groups excluding tert-OH is 1. The van der Waals surface area contributed by atoms with Crippen LogP contribution in [0, 0.1) is 5.82 Å². The van der Waals surface area contributed by atoms with Gasteiger partial charge < -0.3 is 20.3 Å². The molecule has 0 amide bonds. The third kappa shape index (κ3) is 3.97. The summed E-state index contributed by atoms with van der Waals surface area (Å²) in [6.07, 6.45) is 4.97. The van der Waals surface area contributed by atoms with Crippen molar-refractivity contribution in [2.45, 2.75) is 19.4 Å². The highest BCUT2D eigenvalue weighted by atomic mass is 19.1. The van der Waals surface area contributed by atoms with Crippen molar-refractivity contribution in [1.82, 2.24) is 15.3 Å². The third-order valence-corrected chi connectivity index (χ3v) is 6.08. The molecule has 0 saturated carbocycles. The van der Waals surface area contributed by atoms with Crippen LogP contribution >= 0.6 is 0 Å². The van der Waals surface area contributed by atoms with Gasteiger partial charge in [0.1, 0.15) is 11.6 Å². The van der Waals surface area contributed by atoms with E-state index in [0.29, 0.717) is 11.4 Å². The number of ketones is 1. The van der Waals surface area contributed by atoms with Gasteiger partial charge in [0.25, 0.3) is 0 Å². The molecule has 3 aromatic rings. The first kappa shape index (κ1) is 20.6. The Hall–Kier alpha value is -3.29. The lowest BCUT2D eigenvalue weighted by Crippen LogP contribution is -2.27. The number of nitrogens with zero attached hydrogens (tertiary/aromatic N) is 2. The maximum Gasteiger partial charge on any atom is 0.170 e. The van der Waals surface area contributed by atoms with Gasteiger partial charge in [-0.15, -0.1) is 0 Å². The van der Waals surface area contributed by atoms with Gasteiger partial charge in [-0.25, -0.2) is 9.37 Å².